The summed E-state index contributed by atoms with van der Waals surface area (Å²) in [4.78, 5) is 18.4. The van der Waals surface area contributed by atoms with Gasteiger partial charge < -0.3 is 10.2 Å². The van der Waals surface area contributed by atoms with Gasteiger partial charge in [-0.05, 0) is 30.3 Å². The zero-order valence-corrected chi connectivity index (χ0v) is 12.9. The maximum absolute atomic E-state index is 12.5. The van der Waals surface area contributed by atoms with Gasteiger partial charge in [0.2, 0.25) is 5.91 Å². The van der Waals surface area contributed by atoms with Gasteiger partial charge in [0, 0.05) is 37.6 Å². The van der Waals surface area contributed by atoms with Crippen LogP contribution in [0.1, 0.15) is 18.2 Å². The summed E-state index contributed by atoms with van der Waals surface area (Å²) < 4.78 is 0. The number of carbonyl (C=O) groups excluding carboxylic acids is 1. The van der Waals surface area contributed by atoms with Crippen LogP contribution in [0, 0.1) is 5.92 Å². The van der Waals surface area contributed by atoms with Gasteiger partial charge in [0.25, 0.3) is 0 Å². The van der Waals surface area contributed by atoms with Crippen LogP contribution in [-0.4, -0.2) is 54.5 Å². The summed E-state index contributed by atoms with van der Waals surface area (Å²) in [6, 6.07) is 4.35. The molecular weight excluding hydrogens is 270 g/mol. The minimum atomic E-state index is 0.0545. The van der Waals surface area contributed by atoms with Gasteiger partial charge in [-0.15, -0.1) is 11.3 Å². The molecule has 2 saturated heterocycles. The van der Waals surface area contributed by atoms with E-state index in [1.165, 1.54) is 4.88 Å². The molecule has 0 aliphatic carbocycles. The van der Waals surface area contributed by atoms with E-state index >= 15 is 0 Å². The molecule has 4 nitrogen and oxygen atoms in total. The molecule has 0 spiro atoms. The number of hydrogen-bond acceptors (Lipinski definition) is 4. The van der Waals surface area contributed by atoms with Crippen molar-refractivity contribution in [2.75, 3.05) is 32.7 Å². The van der Waals surface area contributed by atoms with Gasteiger partial charge in [-0.2, -0.15) is 0 Å². The Bertz CT molecular complexity index is 440. The highest BCUT2D eigenvalue weighted by Crippen LogP contribution is 2.18. The average Bonchev–Trinajstić information content (AvgIpc) is 3.10. The van der Waals surface area contributed by atoms with Crippen LogP contribution in [0.25, 0.3) is 0 Å². The van der Waals surface area contributed by atoms with E-state index in [-0.39, 0.29) is 6.04 Å². The van der Waals surface area contributed by atoms with Crippen LogP contribution < -0.4 is 5.32 Å². The number of hydrogen-bond donors (Lipinski definition) is 1. The largest absolute Gasteiger partial charge is 0.339 e. The van der Waals surface area contributed by atoms with Crippen LogP contribution in [0.3, 0.4) is 0 Å². The van der Waals surface area contributed by atoms with E-state index in [9.17, 15) is 4.79 Å². The van der Waals surface area contributed by atoms with Crippen molar-refractivity contribution in [2.45, 2.75) is 25.9 Å². The quantitative estimate of drug-likeness (QED) is 0.915. The molecule has 20 heavy (non-hydrogen) atoms. The van der Waals surface area contributed by atoms with E-state index in [4.69, 9.17) is 0 Å². The van der Waals surface area contributed by atoms with Crippen molar-refractivity contribution >= 4 is 17.2 Å². The molecule has 2 aliphatic heterocycles. The molecule has 1 aromatic heterocycles. The Labute approximate surface area is 124 Å². The van der Waals surface area contributed by atoms with E-state index in [1.807, 2.05) is 16.2 Å². The van der Waals surface area contributed by atoms with Gasteiger partial charge >= 0.3 is 0 Å². The second-order valence-corrected chi connectivity index (χ2v) is 6.91. The first-order valence-electron chi connectivity index (χ1n) is 7.51. The highest BCUT2D eigenvalue weighted by Gasteiger charge is 2.33. The molecule has 1 N–H and O–H groups in total. The molecule has 3 rings (SSSR count). The smallest absolute Gasteiger partial charge is 0.240 e. The van der Waals surface area contributed by atoms with Gasteiger partial charge in [0.15, 0.2) is 0 Å². The molecule has 1 aromatic rings. The number of carbonyl (C=O) groups is 1. The molecule has 2 fully saturated rings. The lowest BCUT2D eigenvalue weighted by atomic mass is 10.0. The third-order valence-electron chi connectivity index (χ3n) is 4.44. The lowest BCUT2D eigenvalue weighted by molar-refractivity contribution is -0.135. The standard InChI is InChI=1S/C15H23N3OS/c1-12-4-5-16-14(12)15(19)18-8-6-17(7-9-18)11-13-3-2-10-20-13/h2-3,10,12,14,16H,4-9,11H2,1H3. The molecule has 0 radical (unpaired) electrons. The Balaban J connectivity index is 1.49. The number of nitrogens with one attached hydrogen (secondary N) is 1. The van der Waals surface area contributed by atoms with Crippen molar-refractivity contribution in [1.82, 2.24) is 15.1 Å². The third kappa shape index (κ3) is 3.05. The maximum atomic E-state index is 12.5. The second kappa shape index (κ2) is 6.24. The summed E-state index contributed by atoms with van der Waals surface area (Å²) in [6.07, 6.45) is 1.12. The number of amides is 1. The Morgan fingerprint density at radius 2 is 2.20 bits per heavy atom. The zero-order chi connectivity index (χ0) is 13.9. The lowest BCUT2D eigenvalue weighted by Gasteiger charge is -2.36. The van der Waals surface area contributed by atoms with Gasteiger partial charge in [0.1, 0.15) is 0 Å². The summed E-state index contributed by atoms with van der Waals surface area (Å²) in [5, 5.41) is 5.48. The Morgan fingerprint density at radius 1 is 1.40 bits per heavy atom. The Morgan fingerprint density at radius 3 is 2.80 bits per heavy atom. The molecule has 2 aliphatic rings. The summed E-state index contributed by atoms with van der Waals surface area (Å²) in [5.74, 6) is 0.789. The van der Waals surface area contributed by atoms with Crippen LogP contribution in [-0.2, 0) is 11.3 Å². The van der Waals surface area contributed by atoms with Crippen molar-refractivity contribution in [3.8, 4) is 0 Å². The molecule has 2 unspecified atom stereocenters. The molecule has 3 heterocycles. The minimum Gasteiger partial charge on any atom is -0.339 e. The molecule has 0 bridgehead atoms. The van der Waals surface area contributed by atoms with Gasteiger partial charge in [-0.25, -0.2) is 0 Å². The number of piperazine rings is 1. The van der Waals surface area contributed by atoms with Gasteiger partial charge in [-0.3, -0.25) is 9.69 Å². The fraction of sp³-hybridized carbons (Fsp3) is 0.667. The van der Waals surface area contributed by atoms with E-state index in [1.54, 1.807) is 0 Å². The SMILES string of the molecule is CC1CCNC1C(=O)N1CCN(Cc2cccs2)CC1. The summed E-state index contributed by atoms with van der Waals surface area (Å²) >= 11 is 1.81. The number of nitrogens with zero attached hydrogens (tertiary/aromatic N) is 2. The van der Waals surface area contributed by atoms with Crippen LogP contribution >= 0.6 is 11.3 Å². The van der Waals surface area contributed by atoms with Gasteiger partial charge in [-0.1, -0.05) is 13.0 Å². The number of rotatable bonds is 3. The van der Waals surface area contributed by atoms with Crippen molar-refractivity contribution in [2.24, 2.45) is 5.92 Å². The van der Waals surface area contributed by atoms with Crippen LogP contribution in [0.2, 0.25) is 0 Å². The fourth-order valence-electron chi connectivity index (χ4n) is 3.11. The topological polar surface area (TPSA) is 35.6 Å². The normalized spacial score (nSPS) is 27.9. The summed E-state index contributed by atoms with van der Waals surface area (Å²) in [6.45, 7) is 7.91. The van der Waals surface area contributed by atoms with E-state index in [0.29, 0.717) is 11.8 Å². The molecule has 0 aromatic carbocycles. The molecule has 5 heteroatoms. The monoisotopic (exact) mass is 293 g/mol. The van der Waals surface area contributed by atoms with Crippen molar-refractivity contribution in [1.29, 1.82) is 0 Å². The zero-order valence-electron chi connectivity index (χ0n) is 12.0. The second-order valence-electron chi connectivity index (χ2n) is 5.88. The maximum Gasteiger partial charge on any atom is 0.240 e. The van der Waals surface area contributed by atoms with Crippen molar-refractivity contribution in [3.05, 3.63) is 22.4 Å². The van der Waals surface area contributed by atoms with Crippen molar-refractivity contribution < 1.29 is 4.79 Å². The van der Waals surface area contributed by atoms with E-state index in [0.717, 1.165) is 45.7 Å². The van der Waals surface area contributed by atoms with Crippen LogP contribution in [0.5, 0.6) is 0 Å². The minimum absolute atomic E-state index is 0.0545. The van der Waals surface area contributed by atoms with E-state index < -0.39 is 0 Å². The Hall–Kier alpha value is -0.910. The predicted octanol–water partition coefficient (Wildman–Crippen LogP) is 1.39. The first kappa shape index (κ1) is 14.0. The highest BCUT2D eigenvalue weighted by molar-refractivity contribution is 7.09. The van der Waals surface area contributed by atoms with Crippen LogP contribution in [0.4, 0.5) is 0 Å². The molecule has 0 saturated carbocycles. The Kier molecular flexibility index (Phi) is 4.38. The van der Waals surface area contributed by atoms with Gasteiger partial charge in [0.05, 0.1) is 6.04 Å². The highest BCUT2D eigenvalue weighted by atomic mass is 32.1. The molecule has 1 amide bonds. The van der Waals surface area contributed by atoms with E-state index in [2.05, 4.69) is 34.7 Å². The summed E-state index contributed by atoms with van der Waals surface area (Å²) in [5.41, 5.74) is 0. The molecule has 110 valence electrons. The summed E-state index contributed by atoms with van der Waals surface area (Å²) in [7, 11) is 0. The average molecular weight is 293 g/mol. The molecular formula is C15H23N3OS. The first-order valence-corrected chi connectivity index (χ1v) is 8.39. The predicted molar refractivity (Wildman–Crippen MR) is 81.7 cm³/mol. The molecule has 2 atom stereocenters. The third-order valence-corrected chi connectivity index (χ3v) is 5.30. The first-order chi connectivity index (χ1) is 9.74. The fourth-order valence-corrected chi connectivity index (χ4v) is 3.86. The lowest BCUT2D eigenvalue weighted by Crippen LogP contribution is -2.53. The number of thiophene rings is 1. The van der Waals surface area contributed by atoms with Crippen molar-refractivity contribution in [3.63, 3.8) is 0 Å². The van der Waals surface area contributed by atoms with Crippen LogP contribution in [0.15, 0.2) is 17.5 Å².